The Labute approximate surface area is 146 Å². The normalized spacial score (nSPS) is 10.8. The van der Waals surface area contributed by atoms with Gasteiger partial charge in [-0.05, 0) is 23.3 Å². The highest BCUT2D eigenvalue weighted by atomic mass is 16.3. The third-order valence-corrected chi connectivity index (χ3v) is 4.13. The second kappa shape index (κ2) is 7.81. The van der Waals surface area contributed by atoms with E-state index in [-0.39, 0.29) is 12.6 Å². The van der Waals surface area contributed by atoms with Gasteiger partial charge in [-0.25, -0.2) is 9.78 Å². The minimum atomic E-state index is -0.192. The highest BCUT2D eigenvalue weighted by Crippen LogP contribution is 2.14. The number of urea groups is 1. The van der Waals surface area contributed by atoms with Crippen LogP contribution >= 0.6 is 0 Å². The molecule has 0 bridgehead atoms. The first-order valence-electron chi connectivity index (χ1n) is 8.25. The lowest BCUT2D eigenvalue weighted by Crippen LogP contribution is -2.38. The molecule has 0 radical (unpaired) electrons. The van der Waals surface area contributed by atoms with E-state index < -0.39 is 0 Å². The molecule has 3 aromatic rings. The van der Waals surface area contributed by atoms with Crippen molar-refractivity contribution in [2.75, 3.05) is 20.2 Å². The van der Waals surface area contributed by atoms with Crippen LogP contribution in [0.1, 0.15) is 11.1 Å². The summed E-state index contributed by atoms with van der Waals surface area (Å²) in [6, 6.07) is 16.0. The second-order valence-electron chi connectivity index (χ2n) is 5.98. The third-order valence-electron chi connectivity index (χ3n) is 4.13. The van der Waals surface area contributed by atoms with Gasteiger partial charge in [0.2, 0.25) is 0 Å². The molecule has 0 spiro atoms. The van der Waals surface area contributed by atoms with Crippen LogP contribution in [0.2, 0.25) is 0 Å². The first-order chi connectivity index (χ1) is 12.2. The molecular formula is C19H22N4O2. The van der Waals surface area contributed by atoms with Gasteiger partial charge in [0.25, 0.3) is 0 Å². The smallest absolute Gasteiger partial charge is 0.317 e. The lowest BCUT2D eigenvalue weighted by molar-refractivity contribution is 0.190. The number of nitrogens with zero attached hydrogens (tertiary/aromatic N) is 3. The molecular weight excluding hydrogens is 316 g/mol. The highest BCUT2D eigenvalue weighted by Gasteiger charge is 2.07. The van der Waals surface area contributed by atoms with Crippen LogP contribution < -0.4 is 5.32 Å². The molecule has 0 fully saturated rings. The molecule has 0 saturated heterocycles. The average Bonchev–Trinajstić information content (AvgIpc) is 3.04. The van der Waals surface area contributed by atoms with Crippen LogP contribution in [0.5, 0.6) is 0 Å². The summed E-state index contributed by atoms with van der Waals surface area (Å²) >= 11 is 0. The fourth-order valence-electron chi connectivity index (χ4n) is 2.66. The quantitative estimate of drug-likeness (QED) is 0.724. The maximum atomic E-state index is 11.8. The second-order valence-corrected chi connectivity index (χ2v) is 5.98. The van der Waals surface area contributed by atoms with Gasteiger partial charge in [-0.1, -0.05) is 36.4 Å². The summed E-state index contributed by atoms with van der Waals surface area (Å²) in [7, 11) is 1.66. The summed E-state index contributed by atoms with van der Waals surface area (Å²) in [5.41, 5.74) is 4.32. The van der Waals surface area contributed by atoms with Gasteiger partial charge in [0, 0.05) is 26.7 Å². The Morgan fingerprint density at radius 2 is 1.88 bits per heavy atom. The summed E-state index contributed by atoms with van der Waals surface area (Å²) in [4.78, 5) is 17.7. The number of fused-ring (bicyclic) bond motifs is 1. The lowest BCUT2D eigenvalue weighted by atomic mass is 10.1. The van der Waals surface area contributed by atoms with Gasteiger partial charge < -0.3 is 19.9 Å². The van der Waals surface area contributed by atoms with Crippen LogP contribution in [-0.4, -0.2) is 45.8 Å². The van der Waals surface area contributed by atoms with Crippen LogP contribution in [0.3, 0.4) is 0 Å². The number of benzene rings is 2. The molecule has 0 aliphatic rings. The summed E-state index contributed by atoms with van der Waals surface area (Å²) in [5, 5.41) is 11.7. The first kappa shape index (κ1) is 17.0. The van der Waals surface area contributed by atoms with Crippen molar-refractivity contribution in [3.63, 3.8) is 0 Å². The molecule has 3 rings (SSSR count). The number of imidazole rings is 1. The van der Waals surface area contributed by atoms with Crippen molar-refractivity contribution < 1.29 is 9.90 Å². The Morgan fingerprint density at radius 1 is 1.16 bits per heavy atom. The predicted octanol–water partition coefficient (Wildman–Crippen LogP) is 2.22. The minimum Gasteiger partial charge on any atom is -0.395 e. The van der Waals surface area contributed by atoms with Crippen molar-refractivity contribution in [1.82, 2.24) is 19.8 Å². The maximum absolute atomic E-state index is 11.8. The van der Waals surface area contributed by atoms with Crippen molar-refractivity contribution in [3.05, 3.63) is 66.0 Å². The molecule has 6 nitrogen and oxygen atoms in total. The number of carbonyl (C=O) groups is 1. The monoisotopic (exact) mass is 338 g/mol. The topological polar surface area (TPSA) is 70.4 Å². The SMILES string of the molecule is CN(CCO)C(=O)NCc1ccc(Cn2cnc3ccccc32)cc1. The van der Waals surface area contributed by atoms with E-state index in [0.717, 1.165) is 23.1 Å². The van der Waals surface area contributed by atoms with Crippen LogP contribution in [-0.2, 0) is 13.1 Å². The average molecular weight is 338 g/mol. The Morgan fingerprint density at radius 3 is 2.64 bits per heavy atom. The van der Waals surface area contributed by atoms with Crippen molar-refractivity contribution in [2.45, 2.75) is 13.1 Å². The highest BCUT2D eigenvalue weighted by molar-refractivity contribution is 5.75. The molecule has 0 aliphatic heterocycles. The standard InChI is InChI=1S/C19H22N4O2/c1-22(10-11-24)19(25)20-12-15-6-8-16(9-7-15)13-23-14-21-17-4-2-3-5-18(17)23/h2-9,14,24H,10-13H2,1H3,(H,20,25). The van der Waals surface area contributed by atoms with Crippen molar-refractivity contribution in [1.29, 1.82) is 0 Å². The predicted molar refractivity (Wildman–Crippen MR) is 97.2 cm³/mol. The van der Waals surface area contributed by atoms with E-state index in [9.17, 15) is 4.79 Å². The largest absolute Gasteiger partial charge is 0.395 e. The number of likely N-dealkylation sites (N-methyl/N-ethyl adjacent to an activating group) is 1. The zero-order chi connectivity index (χ0) is 17.6. The number of amides is 2. The number of hydrogen-bond donors (Lipinski definition) is 2. The van der Waals surface area contributed by atoms with E-state index in [4.69, 9.17) is 5.11 Å². The number of carbonyl (C=O) groups excluding carboxylic acids is 1. The first-order valence-corrected chi connectivity index (χ1v) is 8.25. The van der Waals surface area contributed by atoms with E-state index in [1.54, 1.807) is 7.05 Å². The molecule has 2 amide bonds. The molecule has 2 aromatic carbocycles. The van der Waals surface area contributed by atoms with E-state index >= 15 is 0 Å². The van der Waals surface area contributed by atoms with E-state index in [2.05, 4.69) is 33.1 Å². The van der Waals surface area contributed by atoms with E-state index in [1.807, 2.05) is 36.7 Å². The number of aromatic nitrogens is 2. The minimum absolute atomic E-state index is 0.0401. The lowest BCUT2D eigenvalue weighted by Gasteiger charge is -2.16. The molecule has 0 saturated carbocycles. The van der Waals surface area contributed by atoms with Gasteiger partial charge >= 0.3 is 6.03 Å². The van der Waals surface area contributed by atoms with Crippen molar-refractivity contribution in [2.24, 2.45) is 0 Å². The van der Waals surface area contributed by atoms with E-state index in [1.165, 1.54) is 10.5 Å². The molecule has 130 valence electrons. The zero-order valence-electron chi connectivity index (χ0n) is 14.2. The number of para-hydroxylation sites is 2. The van der Waals surface area contributed by atoms with Crippen LogP contribution in [0.25, 0.3) is 11.0 Å². The van der Waals surface area contributed by atoms with Crippen LogP contribution in [0, 0.1) is 0 Å². The molecule has 0 atom stereocenters. The van der Waals surface area contributed by atoms with Crippen LogP contribution in [0.4, 0.5) is 4.79 Å². The van der Waals surface area contributed by atoms with Gasteiger partial charge in [-0.15, -0.1) is 0 Å². The van der Waals surface area contributed by atoms with Gasteiger partial charge in [0.15, 0.2) is 0 Å². The molecule has 1 heterocycles. The van der Waals surface area contributed by atoms with Gasteiger partial charge in [0.05, 0.1) is 24.0 Å². The van der Waals surface area contributed by atoms with Crippen molar-refractivity contribution >= 4 is 17.1 Å². The molecule has 2 N–H and O–H groups in total. The number of rotatable bonds is 6. The van der Waals surface area contributed by atoms with Gasteiger partial charge in [-0.2, -0.15) is 0 Å². The Kier molecular flexibility index (Phi) is 5.30. The number of aliphatic hydroxyl groups is 1. The molecule has 0 aliphatic carbocycles. The van der Waals surface area contributed by atoms with Gasteiger partial charge in [-0.3, -0.25) is 0 Å². The fourth-order valence-corrected chi connectivity index (χ4v) is 2.66. The summed E-state index contributed by atoms with van der Waals surface area (Å²) in [6.45, 7) is 1.50. The molecule has 1 aromatic heterocycles. The molecule has 25 heavy (non-hydrogen) atoms. The van der Waals surface area contributed by atoms with Crippen molar-refractivity contribution in [3.8, 4) is 0 Å². The summed E-state index contributed by atoms with van der Waals surface area (Å²) < 4.78 is 2.12. The van der Waals surface area contributed by atoms with Crippen LogP contribution in [0.15, 0.2) is 54.9 Å². The number of hydrogen-bond acceptors (Lipinski definition) is 3. The third kappa shape index (κ3) is 4.16. The Bertz CT molecular complexity index is 842. The van der Waals surface area contributed by atoms with E-state index in [0.29, 0.717) is 13.1 Å². The molecule has 0 unspecified atom stereocenters. The Balaban J connectivity index is 1.60. The number of nitrogens with one attached hydrogen (secondary N) is 1. The fraction of sp³-hybridized carbons (Fsp3) is 0.263. The summed E-state index contributed by atoms with van der Waals surface area (Å²) in [5.74, 6) is 0. The maximum Gasteiger partial charge on any atom is 0.317 e. The summed E-state index contributed by atoms with van der Waals surface area (Å²) in [6.07, 6.45) is 1.86. The van der Waals surface area contributed by atoms with Gasteiger partial charge in [0.1, 0.15) is 0 Å². The Hall–Kier alpha value is -2.86. The molecule has 6 heteroatoms. The zero-order valence-corrected chi connectivity index (χ0v) is 14.2. The number of aliphatic hydroxyl groups excluding tert-OH is 1.